The molecule has 0 atom stereocenters. The summed E-state index contributed by atoms with van der Waals surface area (Å²) in [6.45, 7) is 3.86. The Bertz CT molecular complexity index is 352. The van der Waals surface area contributed by atoms with Gasteiger partial charge < -0.3 is 0 Å². The Balaban J connectivity index is 2.46. The minimum absolute atomic E-state index is 0.128. The molecule has 0 aliphatic carbocycles. The lowest BCUT2D eigenvalue weighted by atomic mass is 10.0. The molecule has 0 amide bonds. The fraction of sp³-hybridized carbons (Fsp3) is 0.462. The summed E-state index contributed by atoms with van der Waals surface area (Å²) in [6.07, 6.45) is 2.33. The predicted octanol–water partition coefficient (Wildman–Crippen LogP) is 4.54. The molecule has 0 aromatic heterocycles. The number of Topliss-reactive ketones (excluding diaryl/α,β-unsaturated/α-hetero) is 1. The number of aryl methyl sites for hydroxylation is 1. The van der Waals surface area contributed by atoms with Crippen LogP contribution in [0.25, 0.3) is 0 Å². The Kier molecular flexibility index (Phi) is 5.30. The zero-order chi connectivity index (χ0) is 12.1. The second-order valence-electron chi connectivity index (χ2n) is 4.25. The quantitative estimate of drug-likeness (QED) is 0.758. The molecular formula is C13H16Cl2O. The Labute approximate surface area is 107 Å². The molecule has 0 radical (unpaired) electrons. The molecule has 0 fully saturated rings. The van der Waals surface area contributed by atoms with Gasteiger partial charge in [0.1, 0.15) is 5.78 Å². The number of rotatable bonds is 5. The summed E-state index contributed by atoms with van der Waals surface area (Å²) in [5.74, 6) is 0.441. The van der Waals surface area contributed by atoms with Crippen molar-refractivity contribution in [3.05, 3.63) is 33.8 Å². The van der Waals surface area contributed by atoms with Crippen LogP contribution in [-0.4, -0.2) is 5.78 Å². The van der Waals surface area contributed by atoms with E-state index >= 15 is 0 Å². The molecule has 16 heavy (non-hydrogen) atoms. The Hall–Kier alpha value is -0.530. The Morgan fingerprint density at radius 2 is 1.75 bits per heavy atom. The number of benzene rings is 1. The third-order valence-corrected chi connectivity index (χ3v) is 2.89. The fourth-order valence-electron chi connectivity index (χ4n) is 1.51. The van der Waals surface area contributed by atoms with E-state index in [2.05, 4.69) is 0 Å². The topological polar surface area (TPSA) is 17.1 Å². The zero-order valence-electron chi connectivity index (χ0n) is 9.59. The third-order valence-electron chi connectivity index (χ3n) is 2.45. The lowest BCUT2D eigenvalue weighted by Crippen LogP contribution is -2.06. The first-order chi connectivity index (χ1) is 7.49. The van der Waals surface area contributed by atoms with Gasteiger partial charge in [-0.05, 0) is 36.6 Å². The van der Waals surface area contributed by atoms with Gasteiger partial charge in [-0.1, -0.05) is 37.0 Å². The van der Waals surface area contributed by atoms with E-state index in [1.54, 1.807) is 6.07 Å². The highest BCUT2D eigenvalue weighted by molar-refractivity contribution is 6.34. The lowest BCUT2D eigenvalue weighted by molar-refractivity contribution is -0.121. The Morgan fingerprint density at radius 3 is 2.25 bits per heavy atom. The van der Waals surface area contributed by atoms with Gasteiger partial charge in [-0.2, -0.15) is 0 Å². The maximum absolute atomic E-state index is 11.4. The number of carbonyl (C=O) groups is 1. The second kappa shape index (κ2) is 6.27. The van der Waals surface area contributed by atoms with Crippen LogP contribution in [0.2, 0.25) is 10.0 Å². The van der Waals surface area contributed by atoms with Crippen LogP contribution in [0.5, 0.6) is 0 Å². The largest absolute Gasteiger partial charge is 0.299 e. The molecule has 3 heteroatoms. The predicted molar refractivity (Wildman–Crippen MR) is 69.2 cm³/mol. The van der Waals surface area contributed by atoms with E-state index in [1.807, 2.05) is 26.0 Å². The van der Waals surface area contributed by atoms with Crippen molar-refractivity contribution in [3.63, 3.8) is 0 Å². The van der Waals surface area contributed by atoms with Crippen LogP contribution >= 0.6 is 23.2 Å². The van der Waals surface area contributed by atoms with Gasteiger partial charge >= 0.3 is 0 Å². The molecule has 0 heterocycles. The molecule has 0 unspecified atom stereocenters. The van der Waals surface area contributed by atoms with Crippen molar-refractivity contribution in [1.29, 1.82) is 0 Å². The van der Waals surface area contributed by atoms with Crippen molar-refractivity contribution >= 4 is 29.0 Å². The van der Waals surface area contributed by atoms with Crippen molar-refractivity contribution in [2.45, 2.75) is 33.1 Å². The van der Waals surface area contributed by atoms with Gasteiger partial charge in [-0.25, -0.2) is 0 Å². The van der Waals surface area contributed by atoms with Crippen molar-refractivity contribution in [1.82, 2.24) is 0 Å². The molecule has 0 spiro atoms. The Morgan fingerprint density at radius 1 is 1.19 bits per heavy atom. The smallest absolute Gasteiger partial charge is 0.135 e. The van der Waals surface area contributed by atoms with E-state index in [9.17, 15) is 4.79 Å². The van der Waals surface area contributed by atoms with Gasteiger partial charge in [0.05, 0.1) is 0 Å². The summed E-state index contributed by atoms with van der Waals surface area (Å²) in [4.78, 5) is 11.4. The second-order valence-corrected chi connectivity index (χ2v) is 5.13. The summed E-state index contributed by atoms with van der Waals surface area (Å²) in [6, 6.07) is 5.51. The average Bonchev–Trinajstić information content (AvgIpc) is 2.15. The van der Waals surface area contributed by atoms with Crippen LogP contribution in [0.3, 0.4) is 0 Å². The molecule has 88 valence electrons. The molecule has 0 bridgehead atoms. The third kappa shape index (κ3) is 4.54. The first kappa shape index (κ1) is 13.5. The molecule has 1 aromatic carbocycles. The molecule has 0 N–H and O–H groups in total. The standard InChI is InChI=1S/C13H16Cl2O/c1-9(2)13(16)5-3-4-10-6-11(14)8-12(15)7-10/h6-9H,3-5H2,1-2H3. The van der Waals surface area contributed by atoms with Crippen LogP contribution in [-0.2, 0) is 11.2 Å². The van der Waals surface area contributed by atoms with Crippen LogP contribution in [0.4, 0.5) is 0 Å². The van der Waals surface area contributed by atoms with E-state index in [0.29, 0.717) is 22.2 Å². The minimum atomic E-state index is 0.128. The molecule has 1 rings (SSSR count). The van der Waals surface area contributed by atoms with E-state index in [-0.39, 0.29) is 5.92 Å². The maximum Gasteiger partial charge on any atom is 0.135 e. The highest BCUT2D eigenvalue weighted by Gasteiger charge is 2.06. The summed E-state index contributed by atoms with van der Waals surface area (Å²) >= 11 is 11.8. The van der Waals surface area contributed by atoms with Gasteiger partial charge in [0.15, 0.2) is 0 Å². The first-order valence-corrected chi connectivity index (χ1v) is 6.22. The normalized spacial score (nSPS) is 10.8. The van der Waals surface area contributed by atoms with Crippen LogP contribution < -0.4 is 0 Å². The highest BCUT2D eigenvalue weighted by Crippen LogP contribution is 2.20. The number of halogens is 2. The van der Waals surface area contributed by atoms with Crippen LogP contribution in [0.15, 0.2) is 18.2 Å². The SMILES string of the molecule is CC(C)C(=O)CCCc1cc(Cl)cc(Cl)c1. The van der Waals surface area contributed by atoms with E-state index < -0.39 is 0 Å². The summed E-state index contributed by atoms with van der Waals surface area (Å²) in [5.41, 5.74) is 1.09. The van der Waals surface area contributed by atoms with Crippen LogP contribution in [0.1, 0.15) is 32.3 Å². The van der Waals surface area contributed by atoms with Crippen molar-refractivity contribution in [3.8, 4) is 0 Å². The van der Waals surface area contributed by atoms with Gasteiger partial charge in [-0.15, -0.1) is 0 Å². The summed E-state index contributed by atoms with van der Waals surface area (Å²) in [5, 5.41) is 1.30. The van der Waals surface area contributed by atoms with E-state index in [4.69, 9.17) is 23.2 Å². The molecule has 1 aromatic rings. The van der Waals surface area contributed by atoms with Gasteiger partial charge in [0.2, 0.25) is 0 Å². The first-order valence-electron chi connectivity index (χ1n) is 5.46. The van der Waals surface area contributed by atoms with Gasteiger partial charge in [-0.3, -0.25) is 4.79 Å². The van der Waals surface area contributed by atoms with Gasteiger partial charge in [0, 0.05) is 22.4 Å². The lowest BCUT2D eigenvalue weighted by Gasteiger charge is -2.05. The molecular weight excluding hydrogens is 243 g/mol. The summed E-state index contributed by atoms with van der Waals surface area (Å²) in [7, 11) is 0. The van der Waals surface area contributed by atoms with Crippen LogP contribution in [0, 0.1) is 5.92 Å². The van der Waals surface area contributed by atoms with Crippen molar-refractivity contribution < 1.29 is 4.79 Å². The number of carbonyl (C=O) groups excluding carboxylic acids is 1. The molecule has 1 nitrogen and oxygen atoms in total. The van der Waals surface area contributed by atoms with E-state index in [1.165, 1.54) is 0 Å². The highest BCUT2D eigenvalue weighted by atomic mass is 35.5. The van der Waals surface area contributed by atoms with Gasteiger partial charge in [0.25, 0.3) is 0 Å². The minimum Gasteiger partial charge on any atom is -0.299 e. The van der Waals surface area contributed by atoms with E-state index in [0.717, 1.165) is 18.4 Å². The number of hydrogen-bond donors (Lipinski definition) is 0. The fourth-order valence-corrected chi connectivity index (χ4v) is 2.08. The molecule has 0 aliphatic heterocycles. The molecule has 0 saturated heterocycles. The molecule has 0 aliphatic rings. The average molecular weight is 259 g/mol. The zero-order valence-corrected chi connectivity index (χ0v) is 11.1. The monoisotopic (exact) mass is 258 g/mol. The maximum atomic E-state index is 11.4. The number of ketones is 1. The van der Waals surface area contributed by atoms with Crippen molar-refractivity contribution in [2.75, 3.05) is 0 Å². The van der Waals surface area contributed by atoms with Crippen molar-refractivity contribution in [2.24, 2.45) is 5.92 Å². The molecule has 0 saturated carbocycles. The summed E-state index contributed by atoms with van der Waals surface area (Å²) < 4.78 is 0. The number of hydrogen-bond acceptors (Lipinski definition) is 1.